The van der Waals surface area contributed by atoms with E-state index >= 15 is 0 Å². The van der Waals surface area contributed by atoms with Crippen molar-refractivity contribution in [3.63, 3.8) is 0 Å². The van der Waals surface area contributed by atoms with Crippen LogP contribution in [0.15, 0.2) is 18.5 Å². The van der Waals surface area contributed by atoms with Crippen molar-refractivity contribution in [2.45, 2.75) is 26.2 Å². The number of aromatic nitrogens is 4. The SMILES string of the molecule is CC(=O)Nc1cc2c(cn1)cnn2-c1nc(C2CCOC2)c(C)s1. The molecular weight excluding hydrogens is 326 g/mol. The van der Waals surface area contributed by atoms with Crippen LogP contribution in [-0.4, -0.2) is 38.9 Å². The summed E-state index contributed by atoms with van der Waals surface area (Å²) in [6.45, 7) is 5.09. The maximum atomic E-state index is 11.2. The quantitative estimate of drug-likeness (QED) is 0.790. The van der Waals surface area contributed by atoms with Crippen molar-refractivity contribution < 1.29 is 9.53 Å². The van der Waals surface area contributed by atoms with E-state index in [-0.39, 0.29) is 5.91 Å². The first-order valence-corrected chi connectivity index (χ1v) is 8.60. The number of nitrogens with one attached hydrogen (secondary N) is 1. The zero-order chi connectivity index (χ0) is 16.7. The maximum Gasteiger partial charge on any atom is 0.222 e. The molecule has 3 aromatic heterocycles. The molecule has 0 saturated carbocycles. The molecule has 124 valence electrons. The molecule has 24 heavy (non-hydrogen) atoms. The van der Waals surface area contributed by atoms with Gasteiger partial charge in [-0.3, -0.25) is 4.79 Å². The summed E-state index contributed by atoms with van der Waals surface area (Å²) in [6.07, 6.45) is 4.48. The van der Waals surface area contributed by atoms with Crippen LogP contribution in [0.1, 0.15) is 29.8 Å². The predicted molar refractivity (Wildman–Crippen MR) is 91.8 cm³/mol. The van der Waals surface area contributed by atoms with Crippen LogP contribution >= 0.6 is 11.3 Å². The van der Waals surface area contributed by atoms with Gasteiger partial charge in [0.1, 0.15) is 5.82 Å². The van der Waals surface area contributed by atoms with Crippen LogP contribution in [0.3, 0.4) is 0 Å². The molecule has 1 atom stereocenters. The molecule has 3 aromatic rings. The van der Waals surface area contributed by atoms with Crippen LogP contribution in [0.2, 0.25) is 0 Å². The Balaban J connectivity index is 1.75. The molecule has 1 fully saturated rings. The standard InChI is InChI=1S/C16H17N5O2S/c1-9-15(11-3-4-23-8-11)20-16(24-9)21-13-5-14(19-10(2)22)17-6-12(13)7-18-21/h5-7,11H,3-4,8H2,1-2H3,(H,17,19,22). The number of thiazole rings is 1. The lowest BCUT2D eigenvalue weighted by molar-refractivity contribution is -0.114. The Morgan fingerprint density at radius 2 is 2.33 bits per heavy atom. The van der Waals surface area contributed by atoms with Gasteiger partial charge in [0, 0.05) is 42.0 Å². The zero-order valence-corrected chi connectivity index (χ0v) is 14.3. The van der Waals surface area contributed by atoms with Crippen molar-refractivity contribution in [3.8, 4) is 5.13 Å². The van der Waals surface area contributed by atoms with Crippen LogP contribution in [-0.2, 0) is 9.53 Å². The fourth-order valence-corrected chi connectivity index (χ4v) is 3.90. The third-order valence-corrected chi connectivity index (χ3v) is 5.04. The van der Waals surface area contributed by atoms with Gasteiger partial charge in [-0.15, -0.1) is 0 Å². The summed E-state index contributed by atoms with van der Waals surface area (Å²) in [5.41, 5.74) is 1.98. The highest BCUT2D eigenvalue weighted by Crippen LogP contribution is 2.32. The van der Waals surface area contributed by atoms with Crippen LogP contribution in [0.25, 0.3) is 16.0 Å². The molecule has 0 bridgehead atoms. The van der Waals surface area contributed by atoms with E-state index in [1.165, 1.54) is 11.8 Å². The molecule has 0 radical (unpaired) electrons. The molecule has 1 saturated heterocycles. The molecule has 0 aliphatic carbocycles. The van der Waals surface area contributed by atoms with E-state index in [0.717, 1.165) is 41.4 Å². The lowest BCUT2D eigenvalue weighted by Gasteiger charge is -2.04. The van der Waals surface area contributed by atoms with Crippen LogP contribution < -0.4 is 5.32 Å². The second-order valence-electron chi connectivity index (χ2n) is 5.86. The van der Waals surface area contributed by atoms with E-state index in [4.69, 9.17) is 9.72 Å². The highest BCUT2D eigenvalue weighted by molar-refractivity contribution is 7.14. The summed E-state index contributed by atoms with van der Waals surface area (Å²) in [5, 5.41) is 8.88. The molecule has 7 nitrogen and oxygen atoms in total. The molecular formula is C16H17N5O2S. The van der Waals surface area contributed by atoms with Gasteiger partial charge in [0.15, 0.2) is 0 Å². The molecule has 1 N–H and O–H groups in total. The Bertz CT molecular complexity index is 910. The lowest BCUT2D eigenvalue weighted by atomic mass is 10.0. The van der Waals surface area contributed by atoms with Gasteiger partial charge in [-0.1, -0.05) is 11.3 Å². The normalized spacial score (nSPS) is 17.5. The van der Waals surface area contributed by atoms with Gasteiger partial charge in [-0.25, -0.2) is 14.6 Å². The second kappa shape index (κ2) is 5.95. The van der Waals surface area contributed by atoms with E-state index in [1.54, 1.807) is 28.4 Å². The molecule has 0 aromatic carbocycles. The number of ether oxygens (including phenoxy) is 1. The van der Waals surface area contributed by atoms with Crippen molar-refractivity contribution >= 4 is 34.0 Å². The molecule has 1 amide bonds. The average molecular weight is 343 g/mol. The summed E-state index contributed by atoms with van der Waals surface area (Å²) in [7, 11) is 0. The van der Waals surface area contributed by atoms with E-state index in [1.807, 2.05) is 6.07 Å². The maximum absolute atomic E-state index is 11.2. The van der Waals surface area contributed by atoms with Crippen molar-refractivity contribution in [1.82, 2.24) is 19.7 Å². The van der Waals surface area contributed by atoms with Crippen molar-refractivity contribution in [3.05, 3.63) is 29.0 Å². The minimum Gasteiger partial charge on any atom is -0.381 e. The van der Waals surface area contributed by atoms with Gasteiger partial charge in [0.2, 0.25) is 11.0 Å². The number of aryl methyl sites for hydroxylation is 1. The van der Waals surface area contributed by atoms with Gasteiger partial charge < -0.3 is 10.1 Å². The molecule has 0 spiro atoms. The van der Waals surface area contributed by atoms with Gasteiger partial charge in [-0.2, -0.15) is 5.10 Å². The number of amides is 1. The van der Waals surface area contributed by atoms with E-state index < -0.39 is 0 Å². The second-order valence-corrected chi connectivity index (χ2v) is 7.05. The summed E-state index contributed by atoms with van der Waals surface area (Å²) < 4.78 is 7.29. The fraction of sp³-hybridized carbons (Fsp3) is 0.375. The number of hydrogen-bond donors (Lipinski definition) is 1. The molecule has 1 unspecified atom stereocenters. The number of carbonyl (C=O) groups is 1. The summed E-state index contributed by atoms with van der Waals surface area (Å²) in [4.78, 5) is 21.5. The van der Waals surface area contributed by atoms with Crippen molar-refractivity contribution in [2.24, 2.45) is 0 Å². The minimum atomic E-state index is -0.151. The number of nitrogens with zero attached hydrogens (tertiary/aromatic N) is 4. The lowest BCUT2D eigenvalue weighted by Crippen LogP contribution is -2.07. The van der Waals surface area contributed by atoms with Gasteiger partial charge in [0.25, 0.3) is 0 Å². The Labute approximate surface area is 142 Å². The van der Waals surface area contributed by atoms with Gasteiger partial charge in [0.05, 0.1) is 24.0 Å². The van der Waals surface area contributed by atoms with E-state index in [0.29, 0.717) is 11.7 Å². The van der Waals surface area contributed by atoms with Crippen molar-refractivity contribution in [2.75, 3.05) is 18.5 Å². The first-order chi connectivity index (χ1) is 11.6. The molecule has 4 heterocycles. The Hall–Kier alpha value is -2.32. The predicted octanol–water partition coefficient (Wildman–Crippen LogP) is 2.65. The smallest absolute Gasteiger partial charge is 0.222 e. The third-order valence-electron chi connectivity index (χ3n) is 4.08. The summed E-state index contributed by atoms with van der Waals surface area (Å²) >= 11 is 1.62. The minimum absolute atomic E-state index is 0.151. The Kier molecular flexibility index (Phi) is 3.78. The Morgan fingerprint density at radius 3 is 3.08 bits per heavy atom. The van der Waals surface area contributed by atoms with Crippen LogP contribution in [0.5, 0.6) is 0 Å². The van der Waals surface area contributed by atoms with E-state index in [2.05, 4.69) is 22.3 Å². The number of anilines is 1. The van der Waals surface area contributed by atoms with E-state index in [9.17, 15) is 4.79 Å². The number of carbonyl (C=O) groups excluding carboxylic acids is 1. The van der Waals surface area contributed by atoms with Crippen LogP contribution in [0, 0.1) is 6.92 Å². The summed E-state index contributed by atoms with van der Waals surface area (Å²) in [5.74, 6) is 0.726. The molecule has 4 rings (SSSR count). The monoisotopic (exact) mass is 343 g/mol. The molecule has 1 aliphatic rings. The third kappa shape index (κ3) is 2.67. The topological polar surface area (TPSA) is 81.9 Å². The first kappa shape index (κ1) is 15.2. The molecule has 8 heteroatoms. The number of pyridine rings is 1. The van der Waals surface area contributed by atoms with Crippen LogP contribution in [0.4, 0.5) is 5.82 Å². The summed E-state index contributed by atoms with van der Waals surface area (Å²) in [6, 6.07) is 1.82. The number of fused-ring (bicyclic) bond motifs is 1. The average Bonchev–Trinajstić information content (AvgIpc) is 3.24. The highest BCUT2D eigenvalue weighted by atomic mass is 32.1. The van der Waals surface area contributed by atoms with Gasteiger partial charge >= 0.3 is 0 Å². The van der Waals surface area contributed by atoms with Gasteiger partial charge in [-0.05, 0) is 13.3 Å². The number of hydrogen-bond acceptors (Lipinski definition) is 6. The highest BCUT2D eigenvalue weighted by Gasteiger charge is 2.24. The zero-order valence-electron chi connectivity index (χ0n) is 13.4. The largest absolute Gasteiger partial charge is 0.381 e. The number of rotatable bonds is 3. The first-order valence-electron chi connectivity index (χ1n) is 7.78. The van der Waals surface area contributed by atoms with Crippen molar-refractivity contribution in [1.29, 1.82) is 0 Å². The fourth-order valence-electron chi connectivity index (χ4n) is 2.93. The Morgan fingerprint density at radius 1 is 1.46 bits per heavy atom. The molecule has 1 aliphatic heterocycles.